The first-order valence-corrected chi connectivity index (χ1v) is 5.74. The van der Waals surface area contributed by atoms with Gasteiger partial charge in [-0.05, 0) is 35.8 Å². The molecule has 1 heterocycles. The van der Waals surface area contributed by atoms with E-state index < -0.39 is 11.4 Å². The van der Waals surface area contributed by atoms with Crippen molar-refractivity contribution in [1.29, 1.82) is 0 Å². The van der Waals surface area contributed by atoms with Gasteiger partial charge in [-0.2, -0.15) is 0 Å². The van der Waals surface area contributed by atoms with Crippen molar-refractivity contribution in [2.75, 3.05) is 6.54 Å². The standard InChI is InChI=1S/C11H13BrN2O3/c1-11(2,10(16)17)6-14-9(15)7-3-8(12)5-13-4-7/h3-5H,6H2,1-2H3,(H,14,15)(H,16,17). The first-order valence-electron chi connectivity index (χ1n) is 4.95. The predicted molar refractivity (Wildman–Crippen MR) is 65.7 cm³/mol. The average Bonchev–Trinajstić information content (AvgIpc) is 2.25. The number of amides is 1. The number of halogens is 1. The Morgan fingerprint density at radius 2 is 2.12 bits per heavy atom. The van der Waals surface area contributed by atoms with Gasteiger partial charge in [-0.3, -0.25) is 14.6 Å². The number of aromatic nitrogens is 1. The average molecular weight is 301 g/mol. The van der Waals surface area contributed by atoms with Gasteiger partial charge >= 0.3 is 5.97 Å². The van der Waals surface area contributed by atoms with E-state index in [-0.39, 0.29) is 12.5 Å². The Balaban J connectivity index is 2.65. The third-order valence-electron chi connectivity index (χ3n) is 2.24. The number of pyridine rings is 1. The fraction of sp³-hybridized carbons (Fsp3) is 0.364. The van der Waals surface area contributed by atoms with E-state index in [1.807, 2.05) is 0 Å². The minimum atomic E-state index is -0.991. The van der Waals surface area contributed by atoms with E-state index >= 15 is 0 Å². The lowest BCUT2D eigenvalue weighted by atomic mass is 9.94. The van der Waals surface area contributed by atoms with Crippen molar-refractivity contribution < 1.29 is 14.7 Å². The highest BCUT2D eigenvalue weighted by Crippen LogP contribution is 2.14. The van der Waals surface area contributed by atoms with Gasteiger partial charge in [0.1, 0.15) is 0 Å². The molecule has 6 heteroatoms. The maximum absolute atomic E-state index is 11.7. The summed E-state index contributed by atoms with van der Waals surface area (Å²) < 4.78 is 0.697. The second kappa shape index (κ2) is 5.27. The van der Waals surface area contributed by atoms with E-state index in [2.05, 4.69) is 26.2 Å². The molecule has 0 saturated carbocycles. The summed E-state index contributed by atoms with van der Waals surface area (Å²) in [6.45, 7) is 3.16. The second-order valence-electron chi connectivity index (χ2n) is 4.26. The number of carbonyl (C=O) groups excluding carboxylic acids is 1. The molecule has 0 spiro atoms. The maximum Gasteiger partial charge on any atom is 0.310 e. The summed E-state index contributed by atoms with van der Waals surface area (Å²) in [7, 11) is 0. The minimum absolute atomic E-state index is 0.0632. The van der Waals surface area contributed by atoms with Crippen LogP contribution in [0.1, 0.15) is 24.2 Å². The first-order chi connectivity index (χ1) is 7.83. The Hall–Kier alpha value is -1.43. The van der Waals surface area contributed by atoms with Gasteiger partial charge in [0, 0.05) is 23.4 Å². The van der Waals surface area contributed by atoms with Crippen LogP contribution in [0, 0.1) is 5.41 Å². The quantitative estimate of drug-likeness (QED) is 0.887. The van der Waals surface area contributed by atoms with Crippen LogP contribution in [-0.4, -0.2) is 28.5 Å². The van der Waals surface area contributed by atoms with Crippen LogP contribution in [0.3, 0.4) is 0 Å². The highest BCUT2D eigenvalue weighted by atomic mass is 79.9. The van der Waals surface area contributed by atoms with Crippen LogP contribution in [0.2, 0.25) is 0 Å². The fourth-order valence-electron chi connectivity index (χ4n) is 1.01. The lowest BCUT2D eigenvalue weighted by Crippen LogP contribution is -2.38. The first kappa shape index (κ1) is 13.6. The smallest absolute Gasteiger partial charge is 0.310 e. The fourth-order valence-corrected chi connectivity index (χ4v) is 1.38. The number of nitrogens with one attached hydrogen (secondary N) is 1. The third-order valence-corrected chi connectivity index (χ3v) is 2.67. The van der Waals surface area contributed by atoms with Crippen LogP contribution in [0.15, 0.2) is 22.9 Å². The van der Waals surface area contributed by atoms with Crippen molar-refractivity contribution >= 4 is 27.8 Å². The molecule has 0 atom stereocenters. The Labute approximate surface area is 107 Å². The van der Waals surface area contributed by atoms with Gasteiger partial charge < -0.3 is 10.4 Å². The van der Waals surface area contributed by atoms with Crippen LogP contribution >= 0.6 is 15.9 Å². The van der Waals surface area contributed by atoms with E-state index in [1.54, 1.807) is 26.1 Å². The molecule has 0 radical (unpaired) electrons. The summed E-state index contributed by atoms with van der Waals surface area (Å²) in [5.41, 5.74) is -0.602. The summed E-state index contributed by atoms with van der Waals surface area (Å²) in [5, 5.41) is 11.5. The molecular weight excluding hydrogens is 288 g/mol. The number of nitrogens with zero attached hydrogens (tertiary/aromatic N) is 1. The number of rotatable bonds is 4. The monoisotopic (exact) mass is 300 g/mol. The van der Waals surface area contributed by atoms with Crippen LogP contribution in [0.4, 0.5) is 0 Å². The van der Waals surface area contributed by atoms with E-state index in [4.69, 9.17) is 5.11 Å². The highest BCUT2D eigenvalue weighted by Gasteiger charge is 2.27. The van der Waals surface area contributed by atoms with E-state index in [0.29, 0.717) is 10.0 Å². The van der Waals surface area contributed by atoms with E-state index in [1.165, 1.54) is 6.20 Å². The molecule has 1 aromatic heterocycles. The molecule has 0 aromatic carbocycles. The molecule has 17 heavy (non-hydrogen) atoms. The number of carboxylic acids is 1. The molecular formula is C11H13BrN2O3. The van der Waals surface area contributed by atoms with E-state index in [9.17, 15) is 9.59 Å². The zero-order valence-corrected chi connectivity index (χ0v) is 11.1. The molecule has 0 aliphatic heterocycles. The van der Waals surface area contributed by atoms with Crippen LogP contribution in [0.25, 0.3) is 0 Å². The molecule has 0 fully saturated rings. The number of hydrogen-bond donors (Lipinski definition) is 2. The molecule has 2 N–H and O–H groups in total. The van der Waals surface area contributed by atoms with Gasteiger partial charge in [-0.1, -0.05) is 0 Å². The molecule has 0 bridgehead atoms. The van der Waals surface area contributed by atoms with Crippen LogP contribution < -0.4 is 5.32 Å². The third kappa shape index (κ3) is 3.81. The van der Waals surface area contributed by atoms with Gasteiger partial charge in [0.25, 0.3) is 5.91 Å². The molecule has 0 saturated heterocycles. The van der Waals surface area contributed by atoms with Gasteiger partial charge in [-0.15, -0.1) is 0 Å². The molecule has 1 aromatic rings. The van der Waals surface area contributed by atoms with Crippen molar-refractivity contribution in [2.45, 2.75) is 13.8 Å². The molecule has 0 unspecified atom stereocenters. The molecule has 5 nitrogen and oxygen atoms in total. The Kier molecular flexibility index (Phi) is 4.22. The number of carboxylic acid groups (broad SMARTS) is 1. The summed E-state index contributed by atoms with van der Waals surface area (Å²) in [6.07, 6.45) is 2.99. The number of aliphatic carboxylic acids is 1. The SMILES string of the molecule is CC(C)(CNC(=O)c1cncc(Br)c1)C(=O)O. The van der Waals surface area contributed by atoms with Crippen molar-refractivity contribution in [2.24, 2.45) is 5.41 Å². The normalized spacial score (nSPS) is 11.0. The Morgan fingerprint density at radius 3 is 2.65 bits per heavy atom. The molecule has 1 amide bonds. The van der Waals surface area contributed by atoms with Crippen LogP contribution in [-0.2, 0) is 4.79 Å². The summed E-state index contributed by atoms with van der Waals surface area (Å²) in [6, 6.07) is 1.62. The highest BCUT2D eigenvalue weighted by molar-refractivity contribution is 9.10. The molecule has 92 valence electrons. The lowest BCUT2D eigenvalue weighted by Gasteiger charge is -2.19. The zero-order chi connectivity index (χ0) is 13.1. The van der Waals surface area contributed by atoms with Gasteiger partial charge in [0.15, 0.2) is 0 Å². The Morgan fingerprint density at radius 1 is 1.47 bits per heavy atom. The number of carbonyl (C=O) groups is 2. The summed E-state index contributed by atoms with van der Waals surface area (Å²) in [5.74, 6) is -1.29. The molecule has 0 aliphatic rings. The maximum atomic E-state index is 11.7. The van der Waals surface area contributed by atoms with Crippen molar-refractivity contribution in [3.8, 4) is 0 Å². The zero-order valence-electron chi connectivity index (χ0n) is 9.53. The second-order valence-corrected chi connectivity index (χ2v) is 5.18. The lowest BCUT2D eigenvalue weighted by molar-refractivity contribution is -0.146. The minimum Gasteiger partial charge on any atom is -0.481 e. The topological polar surface area (TPSA) is 79.3 Å². The van der Waals surface area contributed by atoms with Crippen molar-refractivity contribution in [3.63, 3.8) is 0 Å². The van der Waals surface area contributed by atoms with Gasteiger partial charge in [0.05, 0.1) is 11.0 Å². The molecule has 1 rings (SSSR count). The largest absolute Gasteiger partial charge is 0.481 e. The Bertz CT molecular complexity index is 446. The van der Waals surface area contributed by atoms with Crippen LogP contribution in [0.5, 0.6) is 0 Å². The summed E-state index contributed by atoms with van der Waals surface area (Å²) >= 11 is 3.21. The molecule has 0 aliphatic carbocycles. The van der Waals surface area contributed by atoms with E-state index in [0.717, 1.165) is 0 Å². The summed E-state index contributed by atoms with van der Waals surface area (Å²) in [4.78, 5) is 26.4. The van der Waals surface area contributed by atoms with Crippen molar-refractivity contribution in [3.05, 3.63) is 28.5 Å². The number of hydrogen-bond acceptors (Lipinski definition) is 3. The van der Waals surface area contributed by atoms with Crippen molar-refractivity contribution in [1.82, 2.24) is 10.3 Å². The van der Waals surface area contributed by atoms with Gasteiger partial charge in [0.2, 0.25) is 0 Å². The predicted octanol–water partition coefficient (Wildman–Crippen LogP) is 1.68. The van der Waals surface area contributed by atoms with Gasteiger partial charge in [-0.25, -0.2) is 0 Å².